The molecule has 0 amide bonds. The second-order valence-corrected chi connectivity index (χ2v) is 4.02. The number of aromatic nitrogens is 1. The number of methoxy groups -OCH3 is 1. The Morgan fingerprint density at radius 3 is 2.53 bits per heavy atom. The topological polar surface area (TPSA) is 43.4 Å². The van der Waals surface area contributed by atoms with Crippen LogP contribution in [0.3, 0.4) is 0 Å². The minimum Gasteiger partial charge on any atom is -0.497 e. The number of pyridine rings is 1. The van der Waals surface area contributed by atoms with Crippen LogP contribution in [0.5, 0.6) is 11.5 Å². The largest absolute Gasteiger partial charge is 0.497 e. The Kier molecular flexibility index (Phi) is 5.19. The highest BCUT2D eigenvalue weighted by Gasteiger charge is 1.96. The highest BCUT2D eigenvalue weighted by molar-refractivity contribution is 5.31. The fourth-order valence-corrected chi connectivity index (χ4v) is 1.63. The van der Waals surface area contributed by atoms with Crippen LogP contribution in [-0.4, -0.2) is 25.2 Å². The number of nitrogens with one attached hydrogen (secondary N) is 1. The van der Waals surface area contributed by atoms with Gasteiger partial charge in [-0.25, -0.2) is 0 Å². The summed E-state index contributed by atoms with van der Waals surface area (Å²) >= 11 is 0. The molecule has 0 saturated heterocycles. The van der Waals surface area contributed by atoms with Crippen LogP contribution in [0.1, 0.15) is 5.69 Å². The molecule has 19 heavy (non-hydrogen) atoms. The van der Waals surface area contributed by atoms with Crippen molar-refractivity contribution < 1.29 is 9.47 Å². The fourth-order valence-electron chi connectivity index (χ4n) is 1.63. The van der Waals surface area contributed by atoms with Crippen LogP contribution in [0.15, 0.2) is 48.7 Å². The van der Waals surface area contributed by atoms with Gasteiger partial charge >= 0.3 is 0 Å². The molecule has 1 N–H and O–H groups in total. The summed E-state index contributed by atoms with van der Waals surface area (Å²) in [5.74, 6) is 1.68. The van der Waals surface area contributed by atoms with Crippen molar-refractivity contribution in [3.63, 3.8) is 0 Å². The zero-order valence-corrected chi connectivity index (χ0v) is 11.0. The van der Waals surface area contributed by atoms with Crippen LogP contribution in [-0.2, 0) is 6.54 Å². The van der Waals surface area contributed by atoms with Gasteiger partial charge in [0.05, 0.1) is 12.8 Å². The number of rotatable bonds is 7. The molecule has 0 aliphatic rings. The lowest BCUT2D eigenvalue weighted by molar-refractivity contribution is 0.312. The molecule has 1 heterocycles. The summed E-state index contributed by atoms with van der Waals surface area (Å²) in [6, 6.07) is 13.5. The summed E-state index contributed by atoms with van der Waals surface area (Å²) in [6.07, 6.45) is 1.80. The first kappa shape index (κ1) is 13.4. The zero-order valence-electron chi connectivity index (χ0n) is 11.0. The van der Waals surface area contributed by atoms with Crippen LogP contribution >= 0.6 is 0 Å². The van der Waals surface area contributed by atoms with E-state index in [4.69, 9.17) is 9.47 Å². The van der Waals surface area contributed by atoms with E-state index in [-0.39, 0.29) is 0 Å². The summed E-state index contributed by atoms with van der Waals surface area (Å²) in [5, 5.41) is 3.28. The third-order valence-corrected chi connectivity index (χ3v) is 2.64. The van der Waals surface area contributed by atoms with Gasteiger partial charge in [-0.1, -0.05) is 6.07 Å². The molecule has 100 valence electrons. The van der Waals surface area contributed by atoms with Gasteiger partial charge in [-0.3, -0.25) is 4.98 Å². The molecule has 0 fully saturated rings. The van der Waals surface area contributed by atoms with Crippen molar-refractivity contribution in [3.8, 4) is 11.5 Å². The van der Waals surface area contributed by atoms with Crippen molar-refractivity contribution >= 4 is 0 Å². The molecule has 4 heteroatoms. The molecule has 0 aliphatic carbocycles. The average molecular weight is 258 g/mol. The van der Waals surface area contributed by atoms with Crippen LogP contribution < -0.4 is 14.8 Å². The lowest BCUT2D eigenvalue weighted by atomic mass is 10.3. The maximum Gasteiger partial charge on any atom is 0.119 e. The normalized spacial score (nSPS) is 10.2. The van der Waals surface area contributed by atoms with Crippen LogP contribution in [0.4, 0.5) is 0 Å². The van der Waals surface area contributed by atoms with Crippen molar-refractivity contribution in [1.29, 1.82) is 0 Å². The molecule has 1 aromatic heterocycles. The first-order valence-corrected chi connectivity index (χ1v) is 6.26. The molecule has 0 spiro atoms. The number of ether oxygens (including phenoxy) is 2. The minimum absolute atomic E-state index is 0.624. The van der Waals surface area contributed by atoms with Gasteiger partial charge in [-0.2, -0.15) is 0 Å². The lowest BCUT2D eigenvalue weighted by Crippen LogP contribution is -2.21. The fraction of sp³-hybridized carbons (Fsp3) is 0.267. The van der Waals surface area contributed by atoms with Gasteiger partial charge in [0, 0.05) is 19.3 Å². The number of hydrogen-bond acceptors (Lipinski definition) is 4. The van der Waals surface area contributed by atoms with Crippen LogP contribution in [0.2, 0.25) is 0 Å². The number of benzene rings is 1. The smallest absolute Gasteiger partial charge is 0.119 e. The van der Waals surface area contributed by atoms with E-state index in [1.54, 1.807) is 13.3 Å². The molecule has 0 aliphatic heterocycles. The monoisotopic (exact) mass is 258 g/mol. The second kappa shape index (κ2) is 7.38. The quantitative estimate of drug-likeness (QED) is 0.774. The molecule has 0 radical (unpaired) electrons. The Bertz CT molecular complexity index is 471. The van der Waals surface area contributed by atoms with Gasteiger partial charge in [0.2, 0.25) is 0 Å². The molecule has 4 nitrogen and oxygen atoms in total. The van der Waals surface area contributed by atoms with Crippen LogP contribution in [0, 0.1) is 0 Å². The predicted octanol–water partition coefficient (Wildman–Crippen LogP) is 2.26. The minimum atomic E-state index is 0.624. The zero-order chi connectivity index (χ0) is 13.3. The maximum absolute atomic E-state index is 5.60. The Hall–Kier alpha value is -2.07. The lowest BCUT2D eigenvalue weighted by Gasteiger charge is -2.08. The summed E-state index contributed by atoms with van der Waals surface area (Å²) in [4.78, 5) is 4.24. The maximum atomic E-state index is 5.60. The SMILES string of the molecule is COc1ccc(OCCNCc2ccccn2)cc1. The van der Waals surface area contributed by atoms with Crippen molar-refractivity contribution in [2.75, 3.05) is 20.3 Å². The highest BCUT2D eigenvalue weighted by atomic mass is 16.5. The summed E-state index contributed by atoms with van der Waals surface area (Å²) < 4.78 is 10.7. The highest BCUT2D eigenvalue weighted by Crippen LogP contribution is 2.16. The molecule has 1 aromatic carbocycles. The van der Waals surface area contributed by atoms with Crippen molar-refractivity contribution in [3.05, 3.63) is 54.4 Å². The Labute approximate surface area is 113 Å². The van der Waals surface area contributed by atoms with Crippen molar-refractivity contribution in [2.45, 2.75) is 6.54 Å². The second-order valence-electron chi connectivity index (χ2n) is 4.02. The van der Waals surface area contributed by atoms with E-state index in [1.807, 2.05) is 42.5 Å². The molecule has 2 rings (SSSR count). The van der Waals surface area contributed by atoms with Crippen molar-refractivity contribution in [1.82, 2.24) is 10.3 Å². The van der Waals surface area contributed by atoms with Gasteiger partial charge in [0.15, 0.2) is 0 Å². The number of hydrogen-bond donors (Lipinski definition) is 1. The van der Waals surface area contributed by atoms with Crippen LogP contribution in [0.25, 0.3) is 0 Å². The molecule has 0 atom stereocenters. The number of nitrogens with zero attached hydrogens (tertiary/aromatic N) is 1. The summed E-state index contributed by atoms with van der Waals surface area (Å²) in [6.45, 7) is 2.16. The van der Waals surface area contributed by atoms with E-state index in [9.17, 15) is 0 Å². The molecular formula is C15H18N2O2. The van der Waals surface area contributed by atoms with Gasteiger partial charge in [0.25, 0.3) is 0 Å². The summed E-state index contributed by atoms with van der Waals surface area (Å²) in [5.41, 5.74) is 1.03. The average Bonchev–Trinajstić information content (AvgIpc) is 2.49. The van der Waals surface area contributed by atoms with Gasteiger partial charge in [0.1, 0.15) is 18.1 Å². The summed E-state index contributed by atoms with van der Waals surface area (Å²) in [7, 11) is 1.65. The third-order valence-electron chi connectivity index (χ3n) is 2.64. The van der Waals surface area contributed by atoms with Crippen molar-refractivity contribution in [2.24, 2.45) is 0 Å². The third kappa shape index (κ3) is 4.60. The first-order valence-electron chi connectivity index (χ1n) is 6.26. The standard InChI is InChI=1S/C15H18N2O2/c1-18-14-5-7-15(8-6-14)19-11-10-16-12-13-4-2-3-9-17-13/h2-9,16H,10-12H2,1H3. The van der Waals surface area contributed by atoms with Gasteiger partial charge in [-0.15, -0.1) is 0 Å². The Balaban J connectivity index is 1.63. The van der Waals surface area contributed by atoms with Gasteiger partial charge in [-0.05, 0) is 36.4 Å². The first-order chi connectivity index (χ1) is 9.38. The van der Waals surface area contributed by atoms with E-state index in [1.165, 1.54) is 0 Å². The van der Waals surface area contributed by atoms with Gasteiger partial charge < -0.3 is 14.8 Å². The Morgan fingerprint density at radius 2 is 1.84 bits per heavy atom. The molecule has 2 aromatic rings. The molecule has 0 unspecified atom stereocenters. The predicted molar refractivity (Wildman–Crippen MR) is 74.4 cm³/mol. The van der Waals surface area contributed by atoms with E-state index in [0.29, 0.717) is 6.61 Å². The molecule has 0 saturated carbocycles. The molecule has 0 bridgehead atoms. The Morgan fingerprint density at radius 1 is 1.05 bits per heavy atom. The van der Waals surface area contributed by atoms with E-state index in [2.05, 4.69) is 10.3 Å². The van der Waals surface area contributed by atoms with E-state index < -0.39 is 0 Å². The van der Waals surface area contributed by atoms with E-state index >= 15 is 0 Å². The molecular weight excluding hydrogens is 240 g/mol. The van der Waals surface area contributed by atoms with E-state index in [0.717, 1.165) is 30.3 Å².